The molecule has 1 heterocycles. The van der Waals surface area contributed by atoms with Crippen molar-refractivity contribution in [3.8, 4) is 0 Å². The minimum atomic E-state index is 0.0243. The molecule has 0 amide bonds. The molecule has 0 spiro atoms. The molecule has 2 aromatic rings. The van der Waals surface area contributed by atoms with Gasteiger partial charge in [-0.1, -0.05) is 17.3 Å². The van der Waals surface area contributed by atoms with E-state index in [2.05, 4.69) is 15.5 Å². The Morgan fingerprint density at radius 2 is 2.25 bits per heavy atom. The third kappa shape index (κ3) is 3.21. The molecule has 0 unspecified atom stereocenters. The molecule has 1 aromatic carbocycles. The normalized spacial score (nSPS) is 10.6. The Bertz CT molecular complexity index is 607. The van der Waals surface area contributed by atoms with Crippen LogP contribution in [0.2, 0.25) is 0 Å². The van der Waals surface area contributed by atoms with Crippen molar-refractivity contribution < 1.29 is 14.1 Å². The molecule has 0 saturated carbocycles. The molecule has 0 bridgehead atoms. The van der Waals surface area contributed by atoms with Crippen LogP contribution in [0.5, 0.6) is 0 Å². The van der Waals surface area contributed by atoms with Crippen LogP contribution in [0.4, 0.5) is 5.69 Å². The van der Waals surface area contributed by atoms with Crippen molar-refractivity contribution >= 4 is 11.5 Å². The van der Waals surface area contributed by atoms with Gasteiger partial charge >= 0.3 is 0 Å². The first kappa shape index (κ1) is 14.2. The van der Waals surface area contributed by atoms with Gasteiger partial charge in [-0.05, 0) is 25.5 Å². The lowest BCUT2D eigenvalue weighted by molar-refractivity contribution is 0.101. The quantitative estimate of drug-likeness (QED) is 0.815. The standard InChI is InChI=1S/C14H17N3O3/c1-9-5-4-6-11(14(9)10(2)18)15-7-13-16-12(8-19-3)17-20-13/h4-6,15H,7-8H2,1-3H3. The number of ketones is 1. The molecular formula is C14H17N3O3. The van der Waals surface area contributed by atoms with Crippen molar-refractivity contribution in [3.63, 3.8) is 0 Å². The topological polar surface area (TPSA) is 77.3 Å². The highest BCUT2D eigenvalue weighted by atomic mass is 16.5. The highest BCUT2D eigenvalue weighted by Crippen LogP contribution is 2.20. The maximum atomic E-state index is 11.7. The third-order valence-electron chi connectivity index (χ3n) is 2.84. The minimum Gasteiger partial charge on any atom is -0.377 e. The van der Waals surface area contributed by atoms with Crippen LogP contribution in [-0.4, -0.2) is 23.0 Å². The number of anilines is 1. The molecule has 0 aliphatic rings. The number of nitrogens with zero attached hydrogens (tertiary/aromatic N) is 2. The van der Waals surface area contributed by atoms with E-state index in [1.165, 1.54) is 0 Å². The molecule has 0 atom stereocenters. The van der Waals surface area contributed by atoms with Gasteiger partial charge in [-0.3, -0.25) is 4.79 Å². The number of hydrogen-bond acceptors (Lipinski definition) is 6. The van der Waals surface area contributed by atoms with Crippen molar-refractivity contribution in [2.45, 2.75) is 27.0 Å². The van der Waals surface area contributed by atoms with Crippen LogP contribution in [-0.2, 0) is 17.9 Å². The zero-order valence-electron chi connectivity index (χ0n) is 11.8. The number of aromatic nitrogens is 2. The van der Waals surface area contributed by atoms with Crippen LogP contribution in [0.1, 0.15) is 34.6 Å². The maximum Gasteiger partial charge on any atom is 0.246 e. The predicted octanol–water partition coefficient (Wildman–Crippen LogP) is 2.34. The summed E-state index contributed by atoms with van der Waals surface area (Å²) < 4.78 is 10.0. The summed E-state index contributed by atoms with van der Waals surface area (Å²) in [4.78, 5) is 15.8. The van der Waals surface area contributed by atoms with Crippen molar-refractivity contribution in [2.24, 2.45) is 0 Å². The van der Waals surface area contributed by atoms with Gasteiger partial charge in [0.05, 0.1) is 6.54 Å². The average molecular weight is 275 g/mol. The van der Waals surface area contributed by atoms with E-state index in [-0.39, 0.29) is 5.78 Å². The first-order valence-corrected chi connectivity index (χ1v) is 6.26. The van der Waals surface area contributed by atoms with E-state index < -0.39 is 0 Å². The molecule has 0 aliphatic carbocycles. The Hall–Kier alpha value is -2.21. The van der Waals surface area contributed by atoms with Crippen LogP contribution >= 0.6 is 0 Å². The van der Waals surface area contributed by atoms with Gasteiger partial charge in [0.15, 0.2) is 11.6 Å². The summed E-state index contributed by atoms with van der Waals surface area (Å²) in [5.74, 6) is 0.976. The summed E-state index contributed by atoms with van der Waals surface area (Å²) in [5, 5.41) is 6.92. The SMILES string of the molecule is COCc1noc(CNc2cccc(C)c2C(C)=O)n1. The van der Waals surface area contributed by atoms with Crippen molar-refractivity contribution in [1.29, 1.82) is 0 Å². The molecule has 6 heteroatoms. The van der Waals surface area contributed by atoms with Crippen LogP contribution in [0.15, 0.2) is 22.7 Å². The van der Waals surface area contributed by atoms with Crippen molar-refractivity contribution in [2.75, 3.05) is 12.4 Å². The Kier molecular flexibility index (Phi) is 4.47. The van der Waals surface area contributed by atoms with Gasteiger partial charge in [0, 0.05) is 18.4 Å². The van der Waals surface area contributed by atoms with E-state index >= 15 is 0 Å². The number of hydrogen-bond donors (Lipinski definition) is 1. The Morgan fingerprint density at radius 3 is 2.95 bits per heavy atom. The molecule has 106 valence electrons. The lowest BCUT2D eigenvalue weighted by Gasteiger charge is -2.10. The van der Waals surface area contributed by atoms with Crippen molar-refractivity contribution in [3.05, 3.63) is 41.0 Å². The number of nitrogens with one attached hydrogen (secondary N) is 1. The Labute approximate surface area is 117 Å². The molecule has 0 fully saturated rings. The van der Waals surface area contributed by atoms with Crippen LogP contribution < -0.4 is 5.32 Å². The fourth-order valence-corrected chi connectivity index (χ4v) is 2.00. The van der Waals surface area contributed by atoms with E-state index in [1.54, 1.807) is 14.0 Å². The number of benzene rings is 1. The molecule has 1 N–H and O–H groups in total. The second kappa shape index (κ2) is 6.29. The van der Waals surface area contributed by atoms with Gasteiger partial charge in [0.25, 0.3) is 0 Å². The minimum absolute atomic E-state index is 0.0243. The monoisotopic (exact) mass is 275 g/mol. The molecule has 1 aromatic heterocycles. The number of methoxy groups -OCH3 is 1. The largest absolute Gasteiger partial charge is 0.377 e. The van der Waals surface area contributed by atoms with Gasteiger partial charge in [0.1, 0.15) is 6.61 Å². The summed E-state index contributed by atoms with van der Waals surface area (Å²) in [6.45, 7) is 4.13. The number of carbonyl (C=O) groups excluding carboxylic acids is 1. The smallest absolute Gasteiger partial charge is 0.246 e. The predicted molar refractivity (Wildman–Crippen MR) is 73.5 cm³/mol. The summed E-state index contributed by atoms with van der Waals surface area (Å²) in [6.07, 6.45) is 0. The summed E-state index contributed by atoms with van der Waals surface area (Å²) >= 11 is 0. The second-order valence-electron chi connectivity index (χ2n) is 4.44. The Morgan fingerprint density at radius 1 is 1.45 bits per heavy atom. The number of ether oxygens (including phenoxy) is 1. The van der Waals surface area contributed by atoms with Crippen molar-refractivity contribution in [1.82, 2.24) is 10.1 Å². The van der Waals surface area contributed by atoms with Gasteiger partial charge in [-0.25, -0.2) is 0 Å². The number of carbonyl (C=O) groups is 1. The first-order chi connectivity index (χ1) is 9.61. The fraction of sp³-hybridized carbons (Fsp3) is 0.357. The van der Waals surface area contributed by atoms with E-state index in [4.69, 9.17) is 9.26 Å². The number of Topliss-reactive ketones (excluding diaryl/α,β-unsaturated/α-hetero) is 1. The van der Waals surface area contributed by atoms with E-state index in [1.807, 2.05) is 25.1 Å². The maximum absolute atomic E-state index is 11.7. The third-order valence-corrected chi connectivity index (χ3v) is 2.84. The van der Waals surface area contributed by atoms with Gasteiger partial charge in [-0.2, -0.15) is 4.98 Å². The molecular weight excluding hydrogens is 258 g/mol. The van der Waals surface area contributed by atoms with E-state index in [9.17, 15) is 4.79 Å². The molecule has 20 heavy (non-hydrogen) atoms. The highest BCUT2D eigenvalue weighted by molar-refractivity contribution is 6.00. The first-order valence-electron chi connectivity index (χ1n) is 6.26. The lowest BCUT2D eigenvalue weighted by Crippen LogP contribution is -2.07. The molecule has 2 rings (SSSR count). The molecule has 0 saturated heterocycles. The highest BCUT2D eigenvalue weighted by Gasteiger charge is 2.11. The zero-order valence-corrected chi connectivity index (χ0v) is 11.8. The Balaban J connectivity index is 2.10. The van der Waals surface area contributed by atoms with Gasteiger partial charge < -0.3 is 14.6 Å². The number of aryl methyl sites for hydroxylation is 1. The van der Waals surface area contributed by atoms with Crippen LogP contribution in [0, 0.1) is 6.92 Å². The zero-order chi connectivity index (χ0) is 14.5. The lowest BCUT2D eigenvalue weighted by atomic mass is 10.0. The summed E-state index contributed by atoms with van der Waals surface area (Å²) in [7, 11) is 1.57. The van der Waals surface area contributed by atoms with E-state index in [0.29, 0.717) is 30.4 Å². The summed E-state index contributed by atoms with van der Waals surface area (Å²) in [6, 6.07) is 5.66. The fourth-order valence-electron chi connectivity index (χ4n) is 2.00. The van der Waals surface area contributed by atoms with Crippen LogP contribution in [0.25, 0.3) is 0 Å². The van der Waals surface area contributed by atoms with E-state index in [0.717, 1.165) is 11.3 Å². The molecule has 0 aliphatic heterocycles. The summed E-state index contributed by atoms with van der Waals surface area (Å²) in [5.41, 5.74) is 2.39. The van der Waals surface area contributed by atoms with Gasteiger partial charge in [0.2, 0.25) is 5.89 Å². The van der Waals surface area contributed by atoms with Gasteiger partial charge in [-0.15, -0.1) is 0 Å². The average Bonchev–Trinajstić information content (AvgIpc) is 2.84. The molecule has 6 nitrogen and oxygen atoms in total. The number of rotatable bonds is 6. The second-order valence-corrected chi connectivity index (χ2v) is 4.44. The molecule has 0 radical (unpaired) electrons. The van der Waals surface area contributed by atoms with Crippen LogP contribution in [0.3, 0.4) is 0 Å².